The average molecular weight is 388 g/mol. The number of hydrogen-bond donors (Lipinski definition) is 0. The number of fused-ring (bicyclic) bond motifs is 1. The van der Waals surface area contributed by atoms with Gasteiger partial charge in [0.2, 0.25) is 5.82 Å². The molecule has 0 aliphatic heterocycles. The summed E-state index contributed by atoms with van der Waals surface area (Å²) in [4.78, 5) is 4.37. The molecule has 0 amide bonds. The lowest BCUT2D eigenvalue weighted by atomic mass is 9.99. The van der Waals surface area contributed by atoms with Gasteiger partial charge in [-0.25, -0.2) is 0 Å². The van der Waals surface area contributed by atoms with E-state index in [0.29, 0.717) is 11.7 Å². The van der Waals surface area contributed by atoms with Crippen LogP contribution in [0.1, 0.15) is 42.9 Å². The summed E-state index contributed by atoms with van der Waals surface area (Å²) in [6, 6.07) is 9.73. The van der Waals surface area contributed by atoms with E-state index in [-0.39, 0.29) is 23.8 Å². The number of benzene rings is 2. The minimum absolute atomic E-state index is 0.0483. The fourth-order valence-electron chi connectivity index (χ4n) is 3.69. The predicted molar refractivity (Wildman–Crippen MR) is 98.1 cm³/mol. The van der Waals surface area contributed by atoms with Crippen LogP contribution >= 0.6 is 0 Å². The maximum atomic E-state index is 13.4. The molecule has 1 heterocycles. The van der Waals surface area contributed by atoms with Gasteiger partial charge in [0.05, 0.1) is 12.2 Å². The highest BCUT2D eigenvalue weighted by molar-refractivity contribution is 5.66. The number of alkyl halides is 3. The molecular weight excluding hydrogens is 369 g/mol. The van der Waals surface area contributed by atoms with Gasteiger partial charge in [-0.05, 0) is 55.0 Å². The largest absolute Gasteiger partial charge is 0.493 e. The fourth-order valence-corrected chi connectivity index (χ4v) is 3.69. The van der Waals surface area contributed by atoms with Crippen molar-refractivity contribution in [2.24, 2.45) is 0 Å². The number of rotatable bonds is 4. The van der Waals surface area contributed by atoms with E-state index in [9.17, 15) is 13.2 Å². The average Bonchev–Trinajstić information content (AvgIpc) is 3.29. The van der Waals surface area contributed by atoms with Gasteiger partial charge in [0, 0.05) is 11.1 Å². The van der Waals surface area contributed by atoms with Gasteiger partial charge >= 0.3 is 6.18 Å². The lowest BCUT2D eigenvalue weighted by molar-refractivity contribution is -0.138. The Labute approximate surface area is 160 Å². The summed E-state index contributed by atoms with van der Waals surface area (Å²) >= 11 is 0. The highest BCUT2D eigenvalue weighted by Gasteiger charge is 2.35. The highest BCUT2D eigenvalue weighted by Crippen LogP contribution is 2.40. The zero-order valence-electron chi connectivity index (χ0n) is 15.5. The molecule has 4 nitrogen and oxygen atoms in total. The molecule has 0 saturated heterocycles. The van der Waals surface area contributed by atoms with Crippen molar-refractivity contribution in [3.63, 3.8) is 0 Å². The molecule has 0 saturated carbocycles. The topological polar surface area (TPSA) is 48.2 Å². The minimum Gasteiger partial charge on any atom is -0.493 e. The number of halogens is 3. The second kappa shape index (κ2) is 6.96. The molecule has 7 heteroatoms. The third-order valence-electron chi connectivity index (χ3n) is 5.07. The molecule has 0 unspecified atom stereocenters. The summed E-state index contributed by atoms with van der Waals surface area (Å²) in [6.45, 7) is 3.96. The van der Waals surface area contributed by atoms with Gasteiger partial charge < -0.3 is 9.26 Å². The molecular formula is C21H19F3N2O2. The van der Waals surface area contributed by atoms with Crippen LogP contribution in [0, 0.1) is 0 Å². The van der Waals surface area contributed by atoms with E-state index in [1.807, 2.05) is 12.1 Å². The second-order valence-corrected chi connectivity index (χ2v) is 6.88. The number of hydrogen-bond acceptors (Lipinski definition) is 4. The van der Waals surface area contributed by atoms with Crippen LogP contribution in [-0.4, -0.2) is 16.7 Å². The molecule has 0 spiro atoms. The fraction of sp³-hybridized carbons (Fsp3) is 0.333. The molecule has 1 aromatic heterocycles. The van der Waals surface area contributed by atoms with Crippen LogP contribution in [0.2, 0.25) is 0 Å². The second-order valence-electron chi connectivity index (χ2n) is 6.88. The molecule has 4 rings (SSSR count). The minimum atomic E-state index is -4.54. The smallest absolute Gasteiger partial charge is 0.419 e. The van der Waals surface area contributed by atoms with Crippen molar-refractivity contribution in [3.8, 4) is 28.6 Å². The van der Waals surface area contributed by atoms with Crippen molar-refractivity contribution in [1.82, 2.24) is 10.1 Å². The lowest BCUT2D eigenvalue weighted by Gasteiger charge is -2.13. The van der Waals surface area contributed by atoms with Gasteiger partial charge in [0.15, 0.2) is 0 Å². The normalized spacial score (nSPS) is 16.2. The van der Waals surface area contributed by atoms with Gasteiger partial charge in [-0.3, -0.25) is 0 Å². The number of aromatic nitrogens is 2. The molecule has 146 valence electrons. The first-order chi connectivity index (χ1) is 13.4. The summed E-state index contributed by atoms with van der Waals surface area (Å²) in [6.07, 6.45) is -2.55. The molecule has 0 radical (unpaired) electrons. The molecule has 1 aliphatic rings. The molecule has 2 aromatic carbocycles. The third-order valence-corrected chi connectivity index (χ3v) is 5.07. The Kier molecular flexibility index (Phi) is 4.61. The van der Waals surface area contributed by atoms with E-state index in [2.05, 4.69) is 23.1 Å². The first-order valence-electron chi connectivity index (χ1n) is 9.18. The van der Waals surface area contributed by atoms with Crippen molar-refractivity contribution in [2.45, 2.75) is 38.8 Å². The molecule has 28 heavy (non-hydrogen) atoms. The number of nitrogens with zero attached hydrogens (tertiary/aromatic N) is 2. The summed E-state index contributed by atoms with van der Waals surface area (Å²) in [7, 11) is 0. The Morgan fingerprint density at radius 3 is 2.79 bits per heavy atom. The van der Waals surface area contributed by atoms with E-state index in [0.717, 1.165) is 24.5 Å². The van der Waals surface area contributed by atoms with Crippen molar-refractivity contribution in [2.75, 3.05) is 6.61 Å². The van der Waals surface area contributed by atoms with Crippen LogP contribution in [0.3, 0.4) is 0 Å². The first-order valence-corrected chi connectivity index (χ1v) is 9.18. The van der Waals surface area contributed by atoms with Gasteiger partial charge in [-0.15, -0.1) is 0 Å². The molecule has 1 atom stereocenters. The summed E-state index contributed by atoms with van der Waals surface area (Å²) in [5.41, 5.74) is 2.67. The predicted octanol–water partition coefficient (Wildman–Crippen LogP) is 5.87. The van der Waals surface area contributed by atoms with E-state index >= 15 is 0 Å². The Morgan fingerprint density at radius 1 is 1.21 bits per heavy atom. The van der Waals surface area contributed by atoms with Crippen LogP contribution in [-0.2, 0) is 12.6 Å². The monoisotopic (exact) mass is 388 g/mol. The molecule has 0 N–H and O–H groups in total. The van der Waals surface area contributed by atoms with E-state index in [4.69, 9.17) is 9.26 Å². The van der Waals surface area contributed by atoms with E-state index < -0.39 is 11.7 Å². The van der Waals surface area contributed by atoms with Crippen molar-refractivity contribution < 1.29 is 22.4 Å². The van der Waals surface area contributed by atoms with Crippen molar-refractivity contribution in [3.05, 3.63) is 53.1 Å². The Hall–Kier alpha value is -2.83. The van der Waals surface area contributed by atoms with Gasteiger partial charge in [0.1, 0.15) is 5.75 Å². The third kappa shape index (κ3) is 3.25. The Balaban J connectivity index is 1.73. The maximum absolute atomic E-state index is 13.4. The van der Waals surface area contributed by atoms with Crippen molar-refractivity contribution >= 4 is 0 Å². The van der Waals surface area contributed by atoms with Crippen LogP contribution < -0.4 is 4.74 Å². The summed E-state index contributed by atoms with van der Waals surface area (Å²) < 4.78 is 50.5. The molecule has 1 aliphatic carbocycles. The number of ether oxygens (including phenoxy) is 1. The van der Waals surface area contributed by atoms with Gasteiger partial charge in [0.25, 0.3) is 5.89 Å². The molecule has 0 bridgehead atoms. The van der Waals surface area contributed by atoms with Crippen LogP contribution in [0.4, 0.5) is 13.2 Å². The maximum Gasteiger partial charge on any atom is 0.419 e. The van der Waals surface area contributed by atoms with Gasteiger partial charge in [-0.1, -0.05) is 30.3 Å². The Bertz CT molecular complexity index is 1010. The SMILES string of the molecule is CCOc1ccc(-c2nc(-c3cccc4c3CC[C@H]4C)no2)cc1C(F)(F)F. The summed E-state index contributed by atoms with van der Waals surface area (Å²) in [5, 5.41) is 4.02. The zero-order valence-corrected chi connectivity index (χ0v) is 15.5. The molecule has 3 aromatic rings. The van der Waals surface area contributed by atoms with Crippen LogP contribution in [0.15, 0.2) is 40.9 Å². The van der Waals surface area contributed by atoms with E-state index in [1.54, 1.807) is 6.92 Å². The van der Waals surface area contributed by atoms with Gasteiger partial charge in [-0.2, -0.15) is 18.2 Å². The van der Waals surface area contributed by atoms with E-state index in [1.165, 1.54) is 23.3 Å². The quantitative estimate of drug-likeness (QED) is 0.561. The standard InChI is InChI=1S/C21H19F3N2O2/c1-3-27-18-10-8-13(11-17(18)21(22,23)24)20-25-19(26-28-20)16-6-4-5-14-12(2)7-9-15(14)16/h4-6,8,10-12H,3,7,9H2,1-2H3/t12-/m1/s1. The zero-order chi connectivity index (χ0) is 19.9. The first kappa shape index (κ1) is 18.5. The lowest BCUT2D eigenvalue weighted by Crippen LogP contribution is -2.08. The Morgan fingerprint density at radius 2 is 2.04 bits per heavy atom. The highest BCUT2D eigenvalue weighted by atomic mass is 19.4. The van der Waals surface area contributed by atoms with Crippen LogP contribution in [0.25, 0.3) is 22.8 Å². The molecule has 0 fully saturated rings. The van der Waals surface area contributed by atoms with Crippen LogP contribution in [0.5, 0.6) is 5.75 Å². The summed E-state index contributed by atoms with van der Waals surface area (Å²) in [5.74, 6) is 0.700. The van der Waals surface area contributed by atoms with Crippen molar-refractivity contribution in [1.29, 1.82) is 0 Å².